The van der Waals surface area contributed by atoms with E-state index in [-0.39, 0.29) is 17.4 Å². The Bertz CT molecular complexity index is 1000. The maximum absolute atomic E-state index is 13.4. The molecule has 3 saturated carbocycles. The minimum Gasteiger partial charge on any atom is -0.484 e. The molecule has 3 aliphatic carbocycles. The molecule has 5 rings (SSSR count). The summed E-state index contributed by atoms with van der Waals surface area (Å²) >= 11 is 5.57. The summed E-state index contributed by atoms with van der Waals surface area (Å²) in [5.74, 6) is -3.76. The molecule has 0 spiro atoms. The Morgan fingerprint density at radius 3 is 2.47 bits per heavy atom. The second kappa shape index (κ2) is 6.86. The summed E-state index contributed by atoms with van der Waals surface area (Å²) in [5.41, 5.74) is -1.10. The van der Waals surface area contributed by atoms with Gasteiger partial charge >= 0.3 is 12.1 Å². The molecule has 0 unspecified atom stereocenters. The van der Waals surface area contributed by atoms with Crippen LogP contribution >= 0.6 is 11.6 Å². The van der Waals surface area contributed by atoms with E-state index in [2.05, 4.69) is 20.0 Å². The van der Waals surface area contributed by atoms with Gasteiger partial charge in [0.15, 0.2) is 6.61 Å². The van der Waals surface area contributed by atoms with Crippen LogP contribution in [0, 0.1) is 5.82 Å². The molecule has 1 aromatic heterocycles. The molecule has 2 bridgehead atoms. The third-order valence-corrected chi connectivity index (χ3v) is 5.35. The Balaban J connectivity index is 1.24. The number of rotatable bonds is 6. The average molecular weight is 448 g/mol. The van der Waals surface area contributed by atoms with Crippen LogP contribution in [-0.4, -0.2) is 34.5 Å². The van der Waals surface area contributed by atoms with Gasteiger partial charge in [0.05, 0.1) is 11.2 Å². The van der Waals surface area contributed by atoms with Gasteiger partial charge in [-0.25, -0.2) is 9.37 Å². The first kappa shape index (κ1) is 20.5. The Labute approximate surface area is 171 Å². The molecule has 0 atom stereocenters. The van der Waals surface area contributed by atoms with Gasteiger partial charge in [0.1, 0.15) is 11.6 Å². The lowest BCUT2D eigenvalue weighted by Crippen LogP contribution is -2.84. The highest BCUT2D eigenvalue weighted by Crippen LogP contribution is 2.60. The molecule has 2 amide bonds. The van der Waals surface area contributed by atoms with Crippen LogP contribution in [0.15, 0.2) is 28.8 Å². The number of ether oxygens (including phenoxy) is 1. The predicted octanol–water partition coefficient (Wildman–Crippen LogP) is 3.09. The summed E-state index contributed by atoms with van der Waals surface area (Å²) < 4.78 is 60.5. The number of carbonyl (C=O) groups is 2. The number of oxazole rings is 1. The van der Waals surface area contributed by atoms with E-state index in [4.69, 9.17) is 16.3 Å². The van der Waals surface area contributed by atoms with Crippen molar-refractivity contribution in [2.24, 2.45) is 0 Å². The second-order valence-corrected chi connectivity index (χ2v) is 7.89. The SMILES string of the molecule is O=C(COc1ccc(Cl)c(F)c1)NC12CC(NC(=O)c3cnc(C(F)(F)F)o3)(C1)C2. The first-order valence-electron chi connectivity index (χ1n) is 8.74. The van der Waals surface area contributed by atoms with Crippen molar-refractivity contribution < 1.29 is 36.3 Å². The van der Waals surface area contributed by atoms with Gasteiger partial charge < -0.3 is 19.8 Å². The zero-order chi connectivity index (χ0) is 21.7. The lowest BCUT2D eigenvalue weighted by Gasteiger charge is -2.70. The number of halogens is 5. The minimum absolute atomic E-state index is 0.0621. The van der Waals surface area contributed by atoms with Gasteiger partial charge in [0, 0.05) is 17.1 Å². The number of alkyl halides is 3. The fourth-order valence-electron chi connectivity index (χ4n) is 3.91. The first-order valence-corrected chi connectivity index (χ1v) is 9.12. The van der Waals surface area contributed by atoms with E-state index in [1.54, 1.807) is 0 Å². The minimum atomic E-state index is -4.77. The highest BCUT2D eigenvalue weighted by Gasteiger charge is 2.69. The second-order valence-electron chi connectivity index (χ2n) is 7.49. The van der Waals surface area contributed by atoms with Gasteiger partial charge in [-0.2, -0.15) is 13.2 Å². The van der Waals surface area contributed by atoms with Gasteiger partial charge in [-0.15, -0.1) is 0 Å². The van der Waals surface area contributed by atoms with E-state index in [9.17, 15) is 27.2 Å². The molecule has 12 heteroatoms. The van der Waals surface area contributed by atoms with Crippen LogP contribution in [0.2, 0.25) is 5.02 Å². The van der Waals surface area contributed by atoms with Crippen molar-refractivity contribution in [3.05, 3.63) is 46.9 Å². The van der Waals surface area contributed by atoms with Crippen molar-refractivity contribution in [3.63, 3.8) is 0 Å². The van der Waals surface area contributed by atoms with Crippen molar-refractivity contribution in [1.82, 2.24) is 15.6 Å². The van der Waals surface area contributed by atoms with Crippen molar-refractivity contribution in [3.8, 4) is 5.75 Å². The quantitative estimate of drug-likeness (QED) is 0.664. The number of nitrogens with zero attached hydrogens (tertiary/aromatic N) is 1. The zero-order valence-electron chi connectivity index (χ0n) is 15.1. The molecular formula is C18H14ClF4N3O4. The third kappa shape index (κ3) is 3.81. The summed E-state index contributed by atoms with van der Waals surface area (Å²) in [6, 6.07) is 3.80. The van der Waals surface area contributed by atoms with Gasteiger partial charge in [-0.05, 0) is 31.4 Å². The van der Waals surface area contributed by atoms with Crippen LogP contribution in [0.5, 0.6) is 5.75 Å². The normalized spacial score (nSPS) is 24.4. The molecule has 3 aliphatic rings. The summed E-state index contributed by atoms with van der Waals surface area (Å²) in [6.07, 6.45) is -2.78. The molecular weight excluding hydrogens is 434 g/mol. The molecule has 3 fully saturated rings. The first-order chi connectivity index (χ1) is 14.0. The van der Waals surface area contributed by atoms with Crippen LogP contribution in [0.3, 0.4) is 0 Å². The monoisotopic (exact) mass is 447 g/mol. The molecule has 1 heterocycles. The molecule has 2 aromatic rings. The number of benzene rings is 1. The topological polar surface area (TPSA) is 93.5 Å². The lowest BCUT2D eigenvalue weighted by atomic mass is 9.44. The largest absolute Gasteiger partial charge is 0.484 e. The molecule has 2 N–H and O–H groups in total. The van der Waals surface area contributed by atoms with Crippen molar-refractivity contribution in [1.29, 1.82) is 0 Å². The Kier molecular flexibility index (Phi) is 4.68. The van der Waals surface area contributed by atoms with Crippen molar-refractivity contribution in [2.75, 3.05) is 6.61 Å². The lowest BCUT2D eigenvalue weighted by molar-refractivity contribution is -0.157. The predicted molar refractivity (Wildman–Crippen MR) is 93.3 cm³/mol. The summed E-state index contributed by atoms with van der Waals surface area (Å²) in [5, 5.41) is 5.37. The Morgan fingerprint density at radius 2 is 1.87 bits per heavy atom. The van der Waals surface area contributed by atoms with E-state index < -0.39 is 46.5 Å². The van der Waals surface area contributed by atoms with Crippen molar-refractivity contribution in [2.45, 2.75) is 36.5 Å². The van der Waals surface area contributed by atoms with Crippen molar-refractivity contribution >= 4 is 23.4 Å². The number of carbonyl (C=O) groups excluding carboxylic acids is 2. The molecule has 0 saturated heterocycles. The van der Waals surface area contributed by atoms with Crippen LogP contribution in [0.25, 0.3) is 0 Å². The van der Waals surface area contributed by atoms with E-state index >= 15 is 0 Å². The number of hydrogen-bond acceptors (Lipinski definition) is 5. The van der Waals surface area contributed by atoms with E-state index in [0.29, 0.717) is 19.3 Å². The maximum Gasteiger partial charge on any atom is 0.468 e. The number of nitrogens with one attached hydrogen (secondary N) is 2. The number of hydrogen-bond donors (Lipinski definition) is 2. The maximum atomic E-state index is 13.4. The van der Waals surface area contributed by atoms with E-state index in [1.165, 1.54) is 12.1 Å². The summed E-state index contributed by atoms with van der Waals surface area (Å²) in [6.45, 7) is -0.333. The fourth-order valence-corrected chi connectivity index (χ4v) is 4.03. The zero-order valence-corrected chi connectivity index (χ0v) is 15.9. The summed E-state index contributed by atoms with van der Waals surface area (Å²) in [4.78, 5) is 27.2. The van der Waals surface area contributed by atoms with Gasteiger partial charge in [0.25, 0.3) is 11.8 Å². The average Bonchev–Trinajstić information content (AvgIpc) is 3.10. The Morgan fingerprint density at radius 1 is 1.20 bits per heavy atom. The fraction of sp³-hybridized carbons (Fsp3) is 0.389. The molecule has 160 valence electrons. The molecule has 0 radical (unpaired) electrons. The summed E-state index contributed by atoms with van der Waals surface area (Å²) in [7, 11) is 0. The van der Waals surface area contributed by atoms with Gasteiger partial charge in [-0.3, -0.25) is 9.59 Å². The highest BCUT2D eigenvalue weighted by atomic mass is 35.5. The van der Waals surface area contributed by atoms with E-state index in [0.717, 1.165) is 12.3 Å². The highest BCUT2D eigenvalue weighted by molar-refractivity contribution is 6.30. The Hall–Kier alpha value is -2.82. The van der Waals surface area contributed by atoms with Gasteiger partial charge in [0.2, 0.25) is 5.76 Å². The standard InChI is InChI=1S/C18H14ClF4N3O4/c19-10-2-1-9(3-11(10)20)29-5-13(27)25-16-6-17(7-16,8-16)26-14(28)12-4-24-15(30-12)18(21,22)23/h1-4H,5-8H2,(H,25,27)(H,26,28). The van der Waals surface area contributed by atoms with Crippen LogP contribution in [0.1, 0.15) is 35.7 Å². The van der Waals surface area contributed by atoms with E-state index in [1.807, 2.05) is 0 Å². The number of amides is 2. The molecule has 7 nitrogen and oxygen atoms in total. The van der Waals surface area contributed by atoms with Crippen LogP contribution in [-0.2, 0) is 11.0 Å². The molecule has 30 heavy (non-hydrogen) atoms. The smallest absolute Gasteiger partial charge is 0.468 e. The van der Waals surface area contributed by atoms with Crippen LogP contribution < -0.4 is 15.4 Å². The number of aromatic nitrogens is 1. The molecule has 0 aliphatic heterocycles. The third-order valence-electron chi connectivity index (χ3n) is 5.05. The molecule has 1 aromatic carbocycles. The van der Waals surface area contributed by atoms with Crippen LogP contribution in [0.4, 0.5) is 17.6 Å². The van der Waals surface area contributed by atoms with Gasteiger partial charge in [-0.1, -0.05) is 11.6 Å².